The van der Waals surface area contributed by atoms with Gasteiger partial charge in [0.25, 0.3) is 0 Å². The number of nitrogens with two attached hydrogens (primary N) is 1. The Bertz CT molecular complexity index is 417. The standard InChI is InChI=1S/C15H24N2O/c1-10(2)15-9-17(12(4)8-16)13-7-11(3)5-6-14(13)18-15/h5-7,10,12,15H,8-9,16H2,1-4H3. The molecule has 3 heteroatoms. The highest BCUT2D eigenvalue weighted by Crippen LogP contribution is 2.36. The first-order chi connectivity index (χ1) is 8.52. The van der Waals surface area contributed by atoms with E-state index in [4.69, 9.17) is 10.5 Å². The molecule has 0 radical (unpaired) electrons. The van der Waals surface area contributed by atoms with Gasteiger partial charge in [0.1, 0.15) is 11.9 Å². The predicted octanol–water partition coefficient (Wildman–Crippen LogP) is 2.57. The van der Waals surface area contributed by atoms with E-state index < -0.39 is 0 Å². The normalized spacial score (nSPS) is 20.6. The molecule has 100 valence electrons. The molecule has 1 heterocycles. The summed E-state index contributed by atoms with van der Waals surface area (Å²) < 4.78 is 6.09. The molecule has 2 rings (SSSR count). The maximum absolute atomic E-state index is 6.09. The fourth-order valence-corrected chi connectivity index (χ4v) is 2.34. The molecular weight excluding hydrogens is 224 g/mol. The van der Waals surface area contributed by atoms with E-state index in [-0.39, 0.29) is 6.10 Å². The van der Waals surface area contributed by atoms with Crippen molar-refractivity contribution in [2.75, 3.05) is 18.0 Å². The summed E-state index contributed by atoms with van der Waals surface area (Å²) in [6.45, 7) is 10.3. The molecule has 0 aromatic heterocycles. The Morgan fingerprint density at radius 1 is 1.39 bits per heavy atom. The molecule has 2 N–H and O–H groups in total. The summed E-state index contributed by atoms with van der Waals surface area (Å²) in [6.07, 6.45) is 0.245. The lowest BCUT2D eigenvalue weighted by Gasteiger charge is -2.41. The van der Waals surface area contributed by atoms with E-state index in [0.29, 0.717) is 18.5 Å². The van der Waals surface area contributed by atoms with Crippen molar-refractivity contribution in [1.82, 2.24) is 0 Å². The van der Waals surface area contributed by atoms with Gasteiger partial charge in [-0.1, -0.05) is 19.9 Å². The van der Waals surface area contributed by atoms with Crippen LogP contribution in [0.4, 0.5) is 5.69 Å². The summed E-state index contributed by atoms with van der Waals surface area (Å²) in [5.74, 6) is 1.50. The molecule has 0 saturated carbocycles. The van der Waals surface area contributed by atoms with Gasteiger partial charge in [-0.2, -0.15) is 0 Å². The number of aryl methyl sites for hydroxylation is 1. The number of ether oxygens (including phenoxy) is 1. The van der Waals surface area contributed by atoms with Gasteiger partial charge in [-0.25, -0.2) is 0 Å². The van der Waals surface area contributed by atoms with Crippen molar-refractivity contribution >= 4 is 5.69 Å². The van der Waals surface area contributed by atoms with E-state index in [1.54, 1.807) is 0 Å². The van der Waals surface area contributed by atoms with Gasteiger partial charge in [0.2, 0.25) is 0 Å². The minimum atomic E-state index is 0.245. The van der Waals surface area contributed by atoms with Gasteiger partial charge in [0.05, 0.1) is 12.2 Å². The molecule has 0 saturated heterocycles. The molecule has 0 bridgehead atoms. The van der Waals surface area contributed by atoms with Gasteiger partial charge in [-0.05, 0) is 37.5 Å². The van der Waals surface area contributed by atoms with E-state index in [1.807, 2.05) is 0 Å². The molecule has 2 unspecified atom stereocenters. The highest BCUT2D eigenvalue weighted by molar-refractivity contribution is 5.62. The van der Waals surface area contributed by atoms with Crippen LogP contribution in [-0.4, -0.2) is 25.2 Å². The summed E-state index contributed by atoms with van der Waals surface area (Å²) in [7, 11) is 0. The minimum Gasteiger partial charge on any atom is -0.486 e. The second-order valence-corrected chi connectivity index (χ2v) is 5.61. The fourth-order valence-electron chi connectivity index (χ4n) is 2.34. The summed E-state index contributed by atoms with van der Waals surface area (Å²) in [5, 5.41) is 0. The van der Waals surface area contributed by atoms with Crippen LogP contribution in [0.5, 0.6) is 5.75 Å². The SMILES string of the molecule is Cc1ccc2c(c1)N(C(C)CN)CC(C(C)C)O2. The lowest BCUT2D eigenvalue weighted by Crippen LogP contribution is -2.49. The van der Waals surface area contributed by atoms with Crippen LogP contribution in [0.15, 0.2) is 18.2 Å². The number of hydrogen-bond donors (Lipinski definition) is 1. The molecule has 0 fully saturated rings. The van der Waals surface area contributed by atoms with E-state index in [9.17, 15) is 0 Å². The first-order valence-corrected chi connectivity index (χ1v) is 6.77. The Balaban J connectivity index is 2.37. The van der Waals surface area contributed by atoms with E-state index in [2.05, 4.69) is 50.8 Å². The Labute approximate surface area is 110 Å². The van der Waals surface area contributed by atoms with Crippen molar-refractivity contribution in [1.29, 1.82) is 0 Å². The van der Waals surface area contributed by atoms with Gasteiger partial charge in [0, 0.05) is 12.6 Å². The predicted molar refractivity (Wildman–Crippen MR) is 76.3 cm³/mol. The van der Waals surface area contributed by atoms with Gasteiger partial charge < -0.3 is 15.4 Å². The largest absolute Gasteiger partial charge is 0.486 e. The van der Waals surface area contributed by atoms with E-state index in [1.165, 1.54) is 11.3 Å². The summed E-state index contributed by atoms with van der Waals surface area (Å²) >= 11 is 0. The summed E-state index contributed by atoms with van der Waals surface area (Å²) in [6, 6.07) is 6.72. The Morgan fingerprint density at radius 2 is 2.11 bits per heavy atom. The van der Waals surface area contributed by atoms with Crippen molar-refractivity contribution in [3.05, 3.63) is 23.8 Å². The molecule has 0 spiro atoms. The number of fused-ring (bicyclic) bond motifs is 1. The van der Waals surface area contributed by atoms with Crippen LogP contribution < -0.4 is 15.4 Å². The van der Waals surface area contributed by atoms with Crippen LogP contribution in [0, 0.1) is 12.8 Å². The topological polar surface area (TPSA) is 38.5 Å². The lowest BCUT2D eigenvalue weighted by molar-refractivity contribution is 0.143. The van der Waals surface area contributed by atoms with Crippen molar-refractivity contribution in [3.8, 4) is 5.75 Å². The number of hydrogen-bond acceptors (Lipinski definition) is 3. The Morgan fingerprint density at radius 3 is 2.72 bits per heavy atom. The van der Waals surface area contributed by atoms with Crippen LogP contribution in [-0.2, 0) is 0 Å². The average molecular weight is 248 g/mol. The second-order valence-electron chi connectivity index (χ2n) is 5.61. The smallest absolute Gasteiger partial charge is 0.143 e. The number of rotatable bonds is 3. The molecule has 1 aromatic rings. The zero-order valence-corrected chi connectivity index (χ0v) is 11.8. The third-order valence-corrected chi connectivity index (χ3v) is 3.70. The molecule has 2 atom stereocenters. The monoisotopic (exact) mass is 248 g/mol. The summed E-state index contributed by atoms with van der Waals surface area (Å²) in [5.41, 5.74) is 8.28. The van der Waals surface area contributed by atoms with Gasteiger partial charge in [0.15, 0.2) is 0 Å². The van der Waals surface area contributed by atoms with Crippen molar-refractivity contribution in [2.24, 2.45) is 11.7 Å². The Hall–Kier alpha value is -1.22. The highest BCUT2D eigenvalue weighted by atomic mass is 16.5. The molecule has 0 amide bonds. The van der Waals surface area contributed by atoms with E-state index >= 15 is 0 Å². The second kappa shape index (κ2) is 5.19. The third-order valence-electron chi connectivity index (χ3n) is 3.70. The third kappa shape index (κ3) is 2.46. The molecule has 18 heavy (non-hydrogen) atoms. The average Bonchev–Trinajstić information content (AvgIpc) is 2.36. The van der Waals surface area contributed by atoms with E-state index in [0.717, 1.165) is 12.3 Å². The van der Waals surface area contributed by atoms with Crippen molar-refractivity contribution in [2.45, 2.75) is 39.8 Å². The van der Waals surface area contributed by atoms with Gasteiger partial charge in [-0.3, -0.25) is 0 Å². The van der Waals surface area contributed by atoms with Crippen LogP contribution in [0.25, 0.3) is 0 Å². The molecule has 1 aromatic carbocycles. The first-order valence-electron chi connectivity index (χ1n) is 6.77. The molecule has 0 aliphatic carbocycles. The quantitative estimate of drug-likeness (QED) is 0.893. The van der Waals surface area contributed by atoms with Crippen molar-refractivity contribution in [3.63, 3.8) is 0 Å². The maximum atomic E-state index is 6.09. The lowest BCUT2D eigenvalue weighted by atomic mass is 10.0. The minimum absolute atomic E-state index is 0.245. The number of benzene rings is 1. The molecule has 3 nitrogen and oxygen atoms in total. The zero-order chi connectivity index (χ0) is 13.3. The first kappa shape index (κ1) is 13.2. The van der Waals surface area contributed by atoms with Gasteiger partial charge in [-0.15, -0.1) is 0 Å². The zero-order valence-electron chi connectivity index (χ0n) is 11.8. The van der Waals surface area contributed by atoms with Crippen molar-refractivity contribution < 1.29 is 4.74 Å². The van der Waals surface area contributed by atoms with Crippen LogP contribution in [0.1, 0.15) is 26.3 Å². The Kier molecular flexibility index (Phi) is 3.81. The molecule has 1 aliphatic rings. The molecule has 1 aliphatic heterocycles. The van der Waals surface area contributed by atoms with Gasteiger partial charge >= 0.3 is 0 Å². The molecular formula is C15H24N2O. The number of anilines is 1. The van der Waals surface area contributed by atoms with Crippen LogP contribution in [0.2, 0.25) is 0 Å². The highest BCUT2D eigenvalue weighted by Gasteiger charge is 2.29. The summed E-state index contributed by atoms with van der Waals surface area (Å²) in [4.78, 5) is 2.39. The maximum Gasteiger partial charge on any atom is 0.143 e. The fraction of sp³-hybridized carbons (Fsp3) is 0.600. The van der Waals surface area contributed by atoms with Crippen LogP contribution >= 0.6 is 0 Å². The van der Waals surface area contributed by atoms with Crippen LogP contribution in [0.3, 0.4) is 0 Å². The number of nitrogens with zero attached hydrogens (tertiary/aromatic N) is 1.